The van der Waals surface area contributed by atoms with E-state index in [9.17, 15) is 0 Å². The van der Waals surface area contributed by atoms with Gasteiger partial charge in [0, 0.05) is 30.6 Å². The van der Waals surface area contributed by atoms with Crippen LogP contribution >= 0.6 is 11.6 Å². The summed E-state index contributed by atoms with van der Waals surface area (Å²) in [5.74, 6) is 1.43. The van der Waals surface area contributed by atoms with Gasteiger partial charge in [0.25, 0.3) is 0 Å². The number of para-hydroxylation sites is 1. The monoisotopic (exact) mass is 292 g/mol. The third-order valence-corrected chi connectivity index (χ3v) is 3.64. The first-order chi connectivity index (χ1) is 9.67. The average molecular weight is 293 g/mol. The summed E-state index contributed by atoms with van der Waals surface area (Å²) in [4.78, 5) is 7.05. The predicted octanol–water partition coefficient (Wildman–Crippen LogP) is 3.83. The first-order valence-corrected chi connectivity index (χ1v) is 7.41. The molecule has 0 aliphatic rings. The van der Waals surface area contributed by atoms with E-state index in [2.05, 4.69) is 30.9 Å². The molecule has 108 valence electrons. The lowest BCUT2D eigenvalue weighted by Gasteiger charge is -2.29. The van der Waals surface area contributed by atoms with Crippen molar-refractivity contribution in [2.75, 3.05) is 25.2 Å². The molecule has 2 rings (SSSR count). The fourth-order valence-corrected chi connectivity index (χ4v) is 2.49. The van der Waals surface area contributed by atoms with Crippen LogP contribution in [0.25, 0.3) is 10.9 Å². The van der Waals surface area contributed by atoms with Gasteiger partial charge in [-0.05, 0) is 26.0 Å². The van der Waals surface area contributed by atoms with Crippen LogP contribution in [-0.2, 0) is 10.6 Å². The lowest BCUT2D eigenvalue weighted by Crippen LogP contribution is -2.35. The molecule has 0 unspecified atom stereocenters. The van der Waals surface area contributed by atoms with Crippen molar-refractivity contribution < 1.29 is 4.74 Å². The normalized spacial score (nSPS) is 11.2. The molecule has 1 aromatic heterocycles. The maximum atomic E-state index is 6.12. The van der Waals surface area contributed by atoms with Gasteiger partial charge in [-0.15, -0.1) is 11.6 Å². The topological polar surface area (TPSA) is 25.4 Å². The quantitative estimate of drug-likeness (QED) is 0.757. The van der Waals surface area contributed by atoms with Gasteiger partial charge in [0.2, 0.25) is 0 Å². The van der Waals surface area contributed by atoms with E-state index in [1.807, 2.05) is 18.2 Å². The maximum Gasteiger partial charge on any atom is 0.134 e. The van der Waals surface area contributed by atoms with Gasteiger partial charge < -0.3 is 9.64 Å². The number of nitrogens with zero attached hydrogens (tertiary/aromatic N) is 2. The fourth-order valence-electron chi connectivity index (χ4n) is 2.29. The molecule has 4 heteroatoms. The van der Waals surface area contributed by atoms with Crippen LogP contribution in [0.3, 0.4) is 0 Å². The second-order valence-electron chi connectivity index (χ2n) is 5.08. The second-order valence-corrected chi connectivity index (χ2v) is 5.34. The number of fused-ring (bicyclic) bond motifs is 1. The Bertz CT molecular complexity index is 571. The fraction of sp³-hybridized carbons (Fsp3) is 0.438. The largest absolute Gasteiger partial charge is 0.383 e. The van der Waals surface area contributed by atoms with Crippen molar-refractivity contribution in [1.82, 2.24) is 4.98 Å². The van der Waals surface area contributed by atoms with Crippen LogP contribution < -0.4 is 4.90 Å². The summed E-state index contributed by atoms with van der Waals surface area (Å²) in [6.45, 7) is 5.80. The van der Waals surface area contributed by atoms with Crippen LogP contribution in [0.15, 0.2) is 30.3 Å². The highest BCUT2D eigenvalue weighted by Gasteiger charge is 2.16. The molecule has 0 aliphatic carbocycles. The van der Waals surface area contributed by atoms with Gasteiger partial charge in [-0.2, -0.15) is 0 Å². The van der Waals surface area contributed by atoms with Crippen molar-refractivity contribution >= 4 is 28.3 Å². The van der Waals surface area contributed by atoms with Gasteiger partial charge in [-0.25, -0.2) is 4.98 Å². The van der Waals surface area contributed by atoms with E-state index < -0.39 is 0 Å². The van der Waals surface area contributed by atoms with Gasteiger partial charge in [-0.3, -0.25) is 0 Å². The first kappa shape index (κ1) is 15.1. The number of ether oxygens (including phenoxy) is 1. The molecule has 0 amide bonds. The van der Waals surface area contributed by atoms with Gasteiger partial charge in [-0.1, -0.05) is 18.2 Å². The smallest absolute Gasteiger partial charge is 0.134 e. The number of pyridine rings is 1. The SMILES string of the molecule is COCCN(c1nc2ccccc2cc1CCl)C(C)C. The Morgan fingerprint density at radius 1 is 1.30 bits per heavy atom. The van der Waals surface area contributed by atoms with E-state index in [0.29, 0.717) is 18.5 Å². The van der Waals surface area contributed by atoms with Crippen LogP contribution in [0, 0.1) is 0 Å². The molecule has 3 nitrogen and oxygen atoms in total. The predicted molar refractivity (Wildman–Crippen MR) is 85.7 cm³/mol. The van der Waals surface area contributed by atoms with Crippen molar-refractivity contribution in [1.29, 1.82) is 0 Å². The molecular formula is C16H21ClN2O. The molecule has 1 aromatic carbocycles. The zero-order valence-corrected chi connectivity index (χ0v) is 13.0. The summed E-state index contributed by atoms with van der Waals surface area (Å²) < 4.78 is 5.20. The van der Waals surface area contributed by atoms with Crippen LogP contribution in [-0.4, -0.2) is 31.3 Å². The number of hydrogen-bond acceptors (Lipinski definition) is 3. The second kappa shape index (κ2) is 6.91. The summed E-state index contributed by atoms with van der Waals surface area (Å²) in [7, 11) is 1.72. The van der Waals surface area contributed by atoms with E-state index in [1.54, 1.807) is 7.11 Å². The van der Waals surface area contributed by atoms with Crippen molar-refractivity contribution in [3.63, 3.8) is 0 Å². The molecule has 20 heavy (non-hydrogen) atoms. The molecule has 0 fully saturated rings. The number of aromatic nitrogens is 1. The van der Waals surface area contributed by atoms with Crippen LogP contribution in [0.1, 0.15) is 19.4 Å². The van der Waals surface area contributed by atoms with Crippen LogP contribution in [0.5, 0.6) is 0 Å². The molecule has 0 N–H and O–H groups in total. The summed E-state index contributed by atoms with van der Waals surface area (Å²) >= 11 is 6.12. The Kier molecular flexibility index (Phi) is 5.21. The van der Waals surface area contributed by atoms with Crippen molar-refractivity contribution in [3.05, 3.63) is 35.9 Å². The lowest BCUT2D eigenvalue weighted by atomic mass is 10.1. The summed E-state index contributed by atoms with van der Waals surface area (Å²) in [6.07, 6.45) is 0. The summed E-state index contributed by atoms with van der Waals surface area (Å²) in [5, 5.41) is 1.13. The number of benzene rings is 1. The Balaban J connectivity index is 2.48. The average Bonchev–Trinajstić information content (AvgIpc) is 2.46. The Morgan fingerprint density at radius 2 is 2.05 bits per heavy atom. The molecule has 0 aliphatic heterocycles. The molecule has 0 atom stereocenters. The number of anilines is 1. The Morgan fingerprint density at radius 3 is 2.70 bits per heavy atom. The van der Waals surface area contributed by atoms with Crippen LogP contribution in [0.4, 0.5) is 5.82 Å². The molecular weight excluding hydrogens is 272 g/mol. The highest BCUT2D eigenvalue weighted by Crippen LogP contribution is 2.26. The number of rotatable bonds is 6. The lowest BCUT2D eigenvalue weighted by molar-refractivity contribution is 0.203. The highest BCUT2D eigenvalue weighted by molar-refractivity contribution is 6.17. The van der Waals surface area contributed by atoms with Gasteiger partial charge >= 0.3 is 0 Å². The molecule has 1 heterocycles. The molecule has 2 aromatic rings. The van der Waals surface area contributed by atoms with Crippen molar-refractivity contribution in [3.8, 4) is 0 Å². The van der Waals surface area contributed by atoms with Gasteiger partial charge in [0.05, 0.1) is 18.0 Å². The van der Waals surface area contributed by atoms with Crippen molar-refractivity contribution in [2.24, 2.45) is 0 Å². The van der Waals surface area contributed by atoms with E-state index in [0.717, 1.165) is 28.8 Å². The Hall–Kier alpha value is -1.32. The standard InChI is InChI=1S/C16H21ClN2O/c1-12(2)19(8-9-20-3)16-14(11-17)10-13-6-4-5-7-15(13)18-16/h4-7,10,12H,8-9,11H2,1-3H3. The minimum atomic E-state index is 0.348. The zero-order chi connectivity index (χ0) is 14.5. The van der Waals surface area contributed by atoms with Crippen LogP contribution in [0.2, 0.25) is 0 Å². The maximum absolute atomic E-state index is 6.12. The van der Waals surface area contributed by atoms with E-state index in [1.165, 1.54) is 0 Å². The Labute approximate surface area is 125 Å². The zero-order valence-electron chi connectivity index (χ0n) is 12.3. The molecule has 0 bridgehead atoms. The molecule has 0 saturated heterocycles. The van der Waals surface area contributed by atoms with E-state index in [4.69, 9.17) is 21.3 Å². The molecule has 0 spiro atoms. The minimum Gasteiger partial charge on any atom is -0.383 e. The number of alkyl halides is 1. The summed E-state index contributed by atoms with van der Waals surface area (Å²) in [5.41, 5.74) is 2.06. The van der Waals surface area contributed by atoms with Gasteiger partial charge in [0.15, 0.2) is 0 Å². The number of methoxy groups -OCH3 is 1. The van der Waals surface area contributed by atoms with E-state index >= 15 is 0 Å². The van der Waals surface area contributed by atoms with Gasteiger partial charge in [0.1, 0.15) is 5.82 Å². The van der Waals surface area contributed by atoms with E-state index in [-0.39, 0.29) is 0 Å². The first-order valence-electron chi connectivity index (χ1n) is 6.87. The number of hydrogen-bond donors (Lipinski definition) is 0. The minimum absolute atomic E-state index is 0.348. The third-order valence-electron chi connectivity index (χ3n) is 3.36. The highest BCUT2D eigenvalue weighted by atomic mass is 35.5. The molecule has 0 saturated carbocycles. The van der Waals surface area contributed by atoms with Crippen molar-refractivity contribution in [2.45, 2.75) is 25.8 Å². The molecule has 0 radical (unpaired) electrons. The number of halogens is 1. The summed E-state index contributed by atoms with van der Waals surface area (Å²) in [6, 6.07) is 10.6. The third kappa shape index (κ3) is 3.22.